The second-order valence-electron chi connectivity index (χ2n) is 12.7. The first-order valence-corrected chi connectivity index (χ1v) is 15.8. The minimum atomic E-state index is -1.33. The van der Waals surface area contributed by atoms with Gasteiger partial charge in [0, 0.05) is 31.7 Å². The van der Waals surface area contributed by atoms with Crippen molar-refractivity contribution in [2.24, 2.45) is 0 Å². The first kappa shape index (κ1) is 37.8. The number of aliphatic hydroxyl groups excluding tert-OH is 1. The van der Waals surface area contributed by atoms with Crippen LogP contribution in [-0.4, -0.2) is 96.8 Å². The Balaban J connectivity index is 1.75. The van der Waals surface area contributed by atoms with E-state index in [0.717, 1.165) is 11.1 Å². The number of morpholine rings is 1. The Morgan fingerprint density at radius 3 is 2.40 bits per heavy atom. The molecule has 13 nitrogen and oxygen atoms in total. The van der Waals surface area contributed by atoms with Gasteiger partial charge >= 0.3 is 5.97 Å². The highest BCUT2D eigenvalue weighted by Crippen LogP contribution is 2.17. The third-order valence-corrected chi connectivity index (χ3v) is 7.19. The van der Waals surface area contributed by atoms with Crippen LogP contribution in [0.25, 0.3) is 6.08 Å². The van der Waals surface area contributed by atoms with Crippen LogP contribution in [-0.2, 0) is 30.5 Å². The summed E-state index contributed by atoms with van der Waals surface area (Å²) in [5.74, 6) is -2.45. The van der Waals surface area contributed by atoms with Crippen LogP contribution in [0.15, 0.2) is 54.1 Å². The van der Waals surface area contributed by atoms with Gasteiger partial charge in [-0.3, -0.25) is 19.3 Å². The fraction of sp³-hybridized carbons (Fsp3) is 0.457. The maximum atomic E-state index is 13.5. The van der Waals surface area contributed by atoms with E-state index in [0.29, 0.717) is 38.4 Å². The molecular weight excluding hydrogens is 616 g/mol. The Morgan fingerprint density at radius 2 is 1.77 bits per heavy atom. The average Bonchev–Trinajstić information content (AvgIpc) is 3.02. The lowest BCUT2D eigenvalue weighted by molar-refractivity contribution is -0.140. The van der Waals surface area contributed by atoms with Crippen molar-refractivity contribution in [2.75, 3.05) is 39.4 Å². The summed E-state index contributed by atoms with van der Waals surface area (Å²) in [6.07, 6.45) is 0.122. The second kappa shape index (κ2) is 18.1. The number of hydrogen-bond acceptors (Lipinski definition) is 10. The van der Waals surface area contributed by atoms with Gasteiger partial charge in [-0.1, -0.05) is 42.0 Å². The minimum Gasteiger partial charge on any atom is -0.425 e. The summed E-state index contributed by atoms with van der Waals surface area (Å²) in [5, 5.41) is 31.1. The molecule has 1 aliphatic heterocycles. The number of carbonyl (C=O) groups is 4. The van der Waals surface area contributed by atoms with Gasteiger partial charge < -0.3 is 35.8 Å². The SMILES string of the molecule is Cc1ccc(CNC[C@H](NC(=O)[C@@H](NC(=O)CN2CCOCC2)[C@@H](C)O)C(=O)Oc2cccc(C=C(C#N)C(=O)NC(C)(C)C)c2)cc1. The molecule has 2 aromatic rings. The fourth-order valence-corrected chi connectivity index (χ4v) is 4.69. The molecule has 3 amide bonds. The molecule has 3 rings (SSSR count). The van der Waals surface area contributed by atoms with Gasteiger partial charge in [0.1, 0.15) is 29.5 Å². The van der Waals surface area contributed by atoms with Crippen LogP contribution >= 0.6 is 0 Å². The normalized spacial score (nSPS) is 15.7. The van der Waals surface area contributed by atoms with Gasteiger partial charge in [0.2, 0.25) is 11.8 Å². The highest BCUT2D eigenvalue weighted by Gasteiger charge is 2.31. The zero-order valence-electron chi connectivity index (χ0n) is 28.2. The van der Waals surface area contributed by atoms with Crippen LogP contribution in [0.3, 0.4) is 0 Å². The van der Waals surface area contributed by atoms with Crippen LogP contribution < -0.4 is 26.0 Å². The Morgan fingerprint density at radius 1 is 1.08 bits per heavy atom. The number of nitrogens with one attached hydrogen (secondary N) is 4. The lowest BCUT2D eigenvalue weighted by Gasteiger charge is -2.28. The maximum Gasteiger partial charge on any atom is 0.335 e. The molecule has 13 heteroatoms. The number of rotatable bonds is 14. The molecule has 1 saturated heterocycles. The standard InChI is InChI=1S/C35H46N6O7/c1-23-9-11-25(12-10-23)20-37-21-29(38-33(45)31(24(2)42)39-30(43)22-41-13-15-47-16-14-41)34(46)48-28-8-6-7-26(18-28)17-27(19-36)32(44)40-35(3,4)5/h6-12,17-18,24,29,31,37,42H,13-16,20-22H2,1-5H3,(H,38,45)(H,39,43)(H,40,44)/t24-,29+,31+/m1/s1. The van der Waals surface area contributed by atoms with Gasteiger partial charge in [-0.05, 0) is 64.0 Å². The molecule has 2 aromatic carbocycles. The molecule has 0 aromatic heterocycles. The van der Waals surface area contributed by atoms with Crippen molar-refractivity contribution in [3.05, 3.63) is 70.8 Å². The summed E-state index contributed by atoms with van der Waals surface area (Å²) in [6, 6.07) is 13.4. The van der Waals surface area contributed by atoms with Crippen molar-refractivity contribution in [3.63, 3.8) is 0 Å². The first-order valence-electron chi connectivity index (χ1n) is 15.8. The van der Waals surface area contributed by atoms with Gasteiger partial charge in [-0.15, -0.1) is 0 Å². The topological polar surface area (TPSA) is 182 Å². The van der Waals surface area contributed by atoms with Crippen LogP contribution in [0.2, 0.25) is 0 Å². The molecule has 0 aliphatic carbocycles. The molecule has 0 radical (unpaired) electrons. The molecular formula is C35H46N6O7. The van der Waals surface area contributed by atoms with E-state index in [4.69, 9.17) is 9.47 Å². The number of nitrogens with zero attached hydrogens (tertiary/aromatic N) is 2. The number of carbonyl (C=O) groups excluding carboxylic acids is 4. The zero-order valence-corrected chi connectivity index (χ0v) is 28.2. The van der Waals surface area contributed by atoms with E-state index in [1.54, 1.807) is 32.9 Å². The van der Waals surface area contributed by atoms with E-state index in [-0.39, 0.29) is 24.4 Å². The number of nitriles is 1. The van der Waals surface area contributed by atoms with Gasteiger partial charge in [-0.25, -0.2) is 4.79 Å². The predicted octanol–water partition coefficient (Wildman–Crippen LogP) is 1.19. The second-order valence-corrected chi connectivity index (χ2v) is 12.7. The maximum absolute atomic E-state index is 13.5. The summed E-state index contributed by atoms with van der Waals surface area (Å²) < 4.78 is 10.9. The minimum absolute atomic E-state index is 0.0274. The Labute approximate surface area is 281 Å². The number of hydrogen-bond donors (Lipinski definition) is 5. The zero-order chi connectivity index (χ0) is 35.3. The first-order chi connectivity index (χ1) is 22.7. The monoisotopic (exact) mass is 662 g/mol. The van der Waals surface area contributed by atoms with Crippen LogP contribution in [0.5, 0.6) is 5.75 Å². The summed E-state index contributed by atoms with van der Waals surface area (Å²) in [4.78, 5) is 54.1. The molecule has 1 aliphatic rings. The number of amides is 3. The molecule has 1 fully saturated rings. The van der Waals surface area contributed by atoms with Crippen LogP contribution in [0.1, 0.15) is 44.4 Å². The van der Waals surface area contributed by atoms with E-state index < -0.39 is 47.4 Å². The van der Waals surface area contributed by atoms with E-state index in [2.05, 4.69) is 21.3 Å². The van der Waals surface area contributed by atoms with Crippen molar-refractivity contribution in [1.29, 1.82) is 5.26 Å². The molecule has 3 atom stereocenters. The number of esters is 1. The van der Waals surface area contributed by atoms with Crippen molar-refractivity contribution in [1.82, 2.24) is 26.2 Å². The van der Waals surface area contributed by atoms with Crippen LogP contribution in [0.4, 0.5) is 0 Å². The number of ether oxygens (including phenoxy) is 2. The van der Waals surface area contributed by atoms with E-state index in [1.165, 1.54) is 25.1 Å². The molecule has 48 heavy (non-hydrogen) atoms. The third kappa shape index (κ3) is 12.9. The van der Waals surface area contributed by atoms with E-state index in [1.807, 2.05) is 42.2 Å². The van der Waals surface area contributed by atoms with Crippen molar-refractivity contribution >= 4 is 29.8 Å². The molecule has 0 spiro atoms. The van der Waals surface area contributed by atoms with Crippen molar-refractivity contribution in [2.45, 2.75) is 64.9 Å². The molecule has 0 unspecified atom stereocenters. The number of benzene rings is 2. The smallest absolute Gasteiger partial charge is 0.335 e. The van der Waals surface area contributed by atoms with Gasteiger partial charge in [0.25, 0.3) is 5.91 Å². The average molecular weight is 663 g/mol. The van der Waals surface area contributed by atoms with E-state index >= 15 is 0 Å². The predicted molar refractivity (Wildman–Crippen MR) is 179 cm³/mol. The lowest BCUT2D eigenvalue weighted by atomic mass is 10.1. The molecule has 5 N–H and O–H groups in total. The van der Waals surface area contributed by atoms with Crippen molar-refractivity contribution < 1.29 is 33.8 Å². The third-order valence-electron chi connectivity index (χ3n) is 7.19. The largest absolute Gasteiger partial charge is 0.425 e. The summed E-state index contributed by atoms with van der Waals surface area (Å²) in [5.41, 5.74) is 1.82. The fourth-order valence-electron chi connectivity index (χ4n) is 4.69. The van der Waals surface area contributed by atoms with Gasteiger partial charge in [0.05, 0.1) is 25.9 Å². The molecule has 258 valence electrons. The van der Waals surface area contributed by atoms with Gasteiger partial charge in [0.15, 0.2) is 0 Å². The highest BCUT2D eigenvalue weighted by atomic mass is 16.5. The van der Waals surface area contributed by atoms with Gasteiger partial charge in [-0.2, -0.15) is 5.26 Å². The molecule has 0 bridgehead atoms. The summed E-state index contributed by atoms with van der Waals surface area (Å²) in [6.45, 7) is 11.3. The van der Waals surface area contributed by atoms with Crippen LogP contribution in [0, 0.1) is 18.3 Å². The number of aliphatic hydroxyl groups is 1. The lowest BCUT2D eigenvalue weighted by Crippen LogP contribution is -2.59. The quantitative estimate of drug-likeness (QED) is 0.0853. The summed E-state index contributed by atoms with van der Waals surface area (Å²) in [7, 11) is 0. The van der Waals surface area contributed by atoms with Crippen molar-refractivity contribution in [3.8, 4) is 11.8 Å². The Hall–Kier alpha value is -4.61. The number of aryl methyl sites for hydroxylation is 1. The van der Waals surface area contributed by atoms with E-state index in [9.17, 15) is 29.5 Å². The summed E-state index contributed by atoms with van der Waals surface area (Å²) >= 11 is 0. The molecule has 1 heterocycles. The Bertz CT molecular complexity index is 1490. The highest BCUT2D eigenvalue weighted by molar-refractivity contribution is 6.02. The Kier molecular flexibility index (Phi) is 14.2. The molecule has 0 saturated carbocycles.